The third-order valence-electron chi connectivity index (χ3n) is 5.22. The summed E-state index contributed by atoms with van der Waals surface area (Å²) in [7, 11) is 0. The fourth-order valence-corrected chi connectivity index (χ4v) is 3.45. The van der Waals surface area contributed by atoms with E-state index in [2.05, 4.69) is 26.5 Å². The number of nitrogens with one attached hydrogen (secondary N) is 4. The second kappa shape index (κ2) is 8.90. The van der Waals surface area contributed by atoms with Crippen LogP contribution in [-0.4, -0.2) is 24.1 Å². The van der Waals surface area contributed by atoms with Gasteiger partial charge in [-0.15, -0.1) is 0 Å². The van der Waals surface area contributed by atoms with Crippen molar-refractivity contribution in [2.45, 2.75) is 43.9 Å². The predicted molar refractivity (Wildman–Crippen MR) is 111 cm³/mol. The summed E-state index contributed by atoms with van der Waals surface area (Å²) in [5, 5.41) is 6.79. The number of hydrogen-bond donors (Lipinski definition) is 4. The average Bonchev–Trinajstić information content (AvgIpc) is 3.14. The fourth-order valence-electron chi connectivity index (χ4n) is 3.33. The molecule has 152 valence electrons. The van der Waals surface area contributed by atoms with Crippen LogP contribution in [0.25, 0.3) is 0 Å². The van der Waals surface area contributed by atoms with Gasteiger partial charge in [0, 0.05) is 29.1 Å². The van der Waals surface area contributed by atoms with E-state index in [9.17, 15) is 9.18 Å². The van der Waals surface area contributed by atoms with Gasteiger partial charge >= 0.3 is 0 Å². The molecule has 6 nitrogen and oxygen atoms in total. The summed E-state index contributed by atoms with van der Waals surface area (Å²) >= 11 is 5.90. The van der Waals surface area contributed by atoms with E-state index in [1.54, 1.807) is 36.4 Å². The number of carbonyl (C=O) groups excluding carboxylic acids is 1. The first-order chi connectivity index (χ1) is 14.1. The van der Waals surface area contributed by atoms with Crippen LogP contribution in [0.5, 0.6) is 0 Å². The topological polar surface area (TPSA) is 77.5 Å². The Kier molecular flexibility index (Phi) is 6.08. The number of carbonyl (C=O) groups is 1. The first-order valence-corrected chi connectivity index (χ1v) is 10.1. The van der Waals surface area contributed by atoms with Gasteiger partial charge in [-0.25, -0.2) is 20.2 Å². The van der Waals surface area contributed by atoms with Crippen molar-refractivity contribution in [3.8, 4) is 0 Å². The third-order valence-corrected chi connectivity index (χ3v) is 5.48. The van der Waals surface area contributed by atoms with Gasteiger partial charge in [0.05, 0.1) is 0 Å². The van der Waals surface area contributed by atoms with E-state index in [-0.39, 0.29) is 23.9 Å². The van der Waals surface area contributed by atoms with Crippen molar-refractivity contribution in [2.24, 2.45) is 4.99 Å². The third kappa shape index (κ3) is 5.12. The quantitative estimate of drug-likeness (QED) is 0.456. The zero-order valence-corrected chi connectivity index (χ0v) is 16.5. The lowest BCUT2D eigenvalue weighted by Gasteiger charge is -2.28. The van der Waals surface area contributed by atoms with Crippen LogP contribution in [0.1, 0.15) is 47.6 Å². The first kappa shape index (κ1) is 19.8. The van der Waals surface area contributed by atoms with Gasteiger partial charge in [0.25, 0.3) is 5.91 Å². The molecule has 1 heterocycles. The Morgan fingerprint density at radius 1 is 1.07 bits per heavy atom. The molecule has 2 atom stereocenters. The number of rotatable bonds is 4. The number of guanidine groups is 1. The number of halogens is 2. The summed E-state index contributed by atoms with van der Waals surface area (Å²) in [5.41, 5.74) is 7.82. The molecule has 8 heteroatoms. The number of amides is 1. The predicted octanol–water partition coefficient (Wildman–Crippen LogP) is 3.27. The number of hydrazine groups is 1. The first-order valence-electron chi connectivity index (χ1n) is 9.74. The van der Waals surface area contributed by atoms with Crippen molar-refractivity contribution in [3.05, 3.63) is 70.5 Å². The summed E-state index contributed by atoms with van der Waals surface area (Å²) in [6.07, 6.45) is 3.75. The van der Waals surface area contributed by atoms with Gasteiger partial charge in [0.15, 0.2) is 5.96 Å². The number of hydrogen-bond acceptors (Lipinski definition) is 4. The van der Waals surface area contributed by atoms with Crippen LogP contribution in [0, 0.1) is 5.82 Å². The largest absolute Gasteiger partial charge is 0.353 e. The van der Waals surface area contributed by atoms with Crippen LogP contribution >= 0.6 is 11.6 Å². The molecular weight excluding hydrogens is 393 g/mol. The highest BCUT2D eigenvalue weighted by Crippen LogP contribution is 2.23. The molecule has 1 aliphatic carbocycles. The highest BCUT2D eigenvalue weighted by molar-refractivity contribution is 6.30. The van der Waals surface area contributed by atoms with Gasteiger partial charge in [0.2, 0.25) is 0 Å². The van der Waals surface area contributed by atoms with Crippen molar-refractivity contribution < 1.29 is 9.18 Å². The van der Waals surface area contributed by atoms with E-state index in [1.165, 1.54) is 18.6 Å². The summed E-state index contributed by atoms with van der Waals surface area (Å²) in [6, 6.07) is 13.5. The van der Waals surface area contributed by atoms with Crippen LogP contribution in [-0.2, 0) is 0 Å². The van der Waals surface area contributed by atoms with Crippen LogP contribution in [0.4, 0.5) is 4.39 Å². The van der Waals surface area contributed by atoms with Crippen molar-refractivity contribution in [1.82, 2.24) is 21.5 Å². The molecule has 1 saturated heterocycles. The van der Waals surface area contributed by atoms with Gasteiger partial charge in [-0.1, -0.05) is 23.7 Å². The van der Waals surface area contributed by atoms with Crippen LogP contribution in [0.15, 0.2) is 53.5 Å². The van der Waals surface area contributed by atoms with Gasteiger partial charge in [-0.3, -0.25) is 10.1 Å². The monoisotopic (exact) mass is 415 g/mol. The molecule has 2 aromatic rings. The highest BCUT2D eigenvalue weighted by Gasteiger charge is 2.26. The zero-order chi connectivity index (χ0) is 20.2. The molecule has 2 aliphatic rings. The number of benzene rings is 2. The fraction of sp³-hybridized carbons (Fsp3) is 0.333. The molecule has 2 unspecified atom stereocenters. The molecule has 4 rings (SSSR count). The Hall–Kier alpha value is -2.48. The van der Waals surface area contributed by atoms with Gasteiger partial charge in [0.1, 0.15) is 12.0 Å². The molecular formula is C21H23ClFN5O. The minimum atomic E-state index is -0.258. The average molecular weight is 416 g/mol. The van der Waals surface area contributed by atoms with Crippen molar-refractivity contribution in [2.75, 3.05) is 0 Å². The maximum atomic E-state index is 13.2. The molecule has 1 saturated carbocycles. The lowest BCUT2D eigenvalue weighted by Crippen LogP contribution is -2.49. The van der Waals surface area contributed by atoms with Crippen LogP contribution in [0.3, 0.4) is 0 Å². The number of aliphatic imine (C=N–C) groups is 1. The molecule has 2 fully saturated rings. The van der Waals surface area contributed by atoms with Gasteiger partial charge in [-0.05, 0) is 61.2 Å². The summed E-state index contributed by atoms with van der Waals surface area (Å²) < 4.78 is 13.2. The molecule has 29 heavy (non-hydrogen) atoms. The maximum Gasteiger partial charge on any atom is 0.257 e. The standard InChI is InChI=1S/C21H23ClFN5O/c22-15-8-4-14(5-9-15)20(29)26-21(24-17-2-1-3-17)25-19-12-18(27-28-19)13-6-10-16(23)11-7-13/h4-11,17-19,27-28H,1-3,12H2,(H2,24,25,26,29). The lowest BCUT2D eigenvalue weighted by atomic mass is 9.93. The second-order valence-corrected chi connectivity index (χ2v) is 7.79. The Morgan fingerprint density at radius 2 is 1.79 bits per heavy atom. The normalized spacial score (nSPS) is 22.2. The van der Waals surface area contributed by atoms with Crippen molar-refractivity contribution in [1.29, 1.82) is 0 Å². The minimum absolute atomic E-state index is 0.0151. The van der Waals surface area contributed by atoms with E-state index < -0.39 is 0 Å². The molecule has 0 radical (unpaired) electrons. The molecule has 1 amide bonds. The SMILES string of the molecule is O=C(NC(=NC1CC(c2ccc(F)cc2)NN1)NC1CCC1)c1ccc(Cl)cc1. The maximum absolute atomic E-state index is 13.2. The van der Waals surface area contributed by atoms with Crippen LogP contribution < -0.4 is 21.5 Å². The zero-order valence-electron chi connectivity index (χ0n) is 15.8. The Balaban J connectivity index is 1.44. The van der Waals surface area contributed by atoms with E-state index in [0.717, 1.165) is 18.4 Å². The van der Waals surface area contributed by atoms with Crippen molar-refractivity contribution >= 4 is 23.5 Å². The Labute approximate surface area is 173 Å². The molecule has 2 aromatic carbocycles. The van der Waals surface area contributed by atoms with E-state index in [4.69, 9.17) is 11.6 Å². The lowest BCUT2D eigenvalue weighted by molar-refractivity contribution is 0.0975. The molecule has 4 N–H and O–H groups in total. The van der Waals surface area contributed by atoms with E-state index >= 15 is 0 Å². The summed E-state index contributed by atoms with van der Waals surface area (Å²) in [6.45, 7) is 0. The van der Waals surface area contributed by atoms with Crippen LogP contribution in [0.2, 0.25) is 5.02 Å². The molecule has 0 spiro atoms. The summed E-state index contributed by atoms with van der Waals surface area (Å²) in [5.74, 6) is -0.0480. The number of nitrogens with zero attached hydrogens (tertiary/aromatic N) is 1. The summed E-state index contributed by atoms with van der Waals surface area (Å²) in [4.78, 5) is 17.3. The smallest absolute Gasteiger partial charge is 0.257 e. The van der Waals surface area contributed by atoms with Crippen molar-refractivity contribution in [3.63, 3.8) is 0 Å². The van der Waals surface area contributed by atoms with Gasteiger partial charge in [-0.2, -0.15) is 0 Å². The molecule has 1 aliphatic heterocycles. The van der Waals surface area contributed by atoms with Gasteiger partial charge < -0.3 is 5.32 Å². The Morgan fingerprint density at radius 3 is 2.45 bits per heavy atom. The minimum Gasteiger partial charge on any atom is -0.353 e. The van der Waals surface area contributed by atoms with E-state index in [1.807, 2.05) is 0 Å². The molecule has 0 aromatic heterocycles. The Bertz CT molecular complexity index is 883. The van der Waals surface area contributed by atoms with E-state index in [0.29, 0.717) is 29.0 Å². The second-order valence-electron chi connectivity index (χ2n) is 7.36. The highest BCUT2D eigenvalue weighted by atomic mass is 35.5. The molecule has 0 bridgehead atoms.